The van der Waals surface area contributed by atoms with E-state index in [1.54, 1.807) is 55.5 Å². The first kappa shape index (κ1) is 58.1. The van der Waals surface area contributed by atoms with Gasteiger partial charge >= 0.3 is 5.97 Å². The van der Waals surface area contributed by atoms with Gasteiger partial charge in [-0.15, -0.1) is 0 Å². The first-order valence-corrected chi connectivity index (χ1v) is 24.1. The number of aliphatic hydroxyl groups is 10. The first-order chi connectivity index (χ1) is 32.8. The van der Waals surface area contributed by atoms with Gasteiger partial charge < -0.3 is 85.8 Å². The van der Waals surface area contributed by atoms with Gasteiger partial charge in [-0.05, 0) is 32.6 Å². The Kier molecular flexibility index (Phi) is 25.1. The molecule has 6 unspecified atom stereocenters. The van der Waals surface area contributed by atoms with Gasteiger partial charge in [0.25, 0.3) is 0 Å². The lowest BCUT2D eigenvalue weighted by atomic mass is 9.82. The molecule has 3 saturated heterocycles. The molecule has 2 bridgehead atoms. The van der Waals surface area contributed by atoms with Crippen molar-refractivity contribution < 1.29 is 84.3 Å². The Morgan fingerprint density at radius 1 is 0.710 bits per heavy atom. The lowest BCUT2D eigenvalue weighted by Crippen LogP contribution is -2.59. The van der Waals surface area contributed by atoms with Crippen LogP contribution in [0.3, 0.4) is 0 Å². The number of aliphatic hydroxyl groups excluding tert-OH is 9. The zero-order chi connectivity index (χ0) is 50.5. The molecule has 0 aliphatic carbocycles. The van der Waals surface area contributed by atoms with Crippen LogP contribution in [-0.2, 0) is 33.3 Å². The molecule has 69 heavy (non-hydrogen) atoms. The molecule has 390 valence electrons. The van der Waals surface area contributed by atoms with Gasteiger partial charge in [-0.1, -0.05) is 92.0 Å². The van der Waals surface area contributed by atoms with E-state index >= 15 is 0 Å². The molecule has 13 N–H and O–H groups in total. The van der Waals surface area contributed by atoms with Gasteiger partial charge in [-0.3, -0.25) is 9.59 Å². The number of rotatable bonds is 5. The first-order valence-electron chi connectivity index (χ1n) is 24.1. The lowest BCUT2D eigenvalue weighted by molar-refractivity contribution is -0.304. The van der Waals surface area contributed by atoms with Crippen LogP contribution in [0.4, 0.5) is 0 Å². The van der Waals surface area contributed by atoms with Crippen LogP contribution >= 0.6 is 0 Å². The van der Waals surface area contributed by atoms with Gasteiger partial charge in [0.1, 0.15) is 12.2 Å². The van der Waals surface area contributed by atoms with E-state index in [-0.39, 0.29) is 57.1 Å². The van der Waals surface area contributed by atoms with E-state index in [9.17, 15) is 60.7 Å². The number of amides is 1. The summed E-state index contributed by atoms with van der Waals surface area (Å²) in [5, 5.41) is 112. The highest BCUT2D eigenvalue weighted by Crippen LogP contribution is 2.38. The third-order valence-electron chi connectivity index (χ3n) is 12.7. The smallest absolute Gasteiger partial charge is 0.308 e. The van der Waals surface area contributed by atoms with E-state index in [1.807, 2.05) is 43.4 Å². The minimum absolute atomic E-state index is 0.0489. The van der Waals surface area contributed by atoms with Crippen LogP contribution in [0.5, 0.6) is 0 Å². The Morgan fingerprint density at radius 2 is 1.35 bits per heavy atom. The maximum Gasteiger partial charge on any atom is 0.308 e. The van der Waals surface area contributed by atoms with Gasteiger partial charge in [0.15, 0.2) is 12.1 Å². The van der Waals surface area contributed by atoms with Crippen LogP contribution in [0.25, 0.3) is 0 Å². The van der Waals surface area contributed by atoms with Crippen molar-refractivity contribution >= 4 is 11.9 Å². The summed E-state index contributed by atoms with van der Waals surface area (Å²) in [4.78, 5) is 26.4. The second kappa shape index (κ2) is 29.8. The van der Waals surface area contributed by atoms with Crippen LogP contribution in [0.15, 0.2) is 85.1 Å². The molecular weight excluding hydrogens is 901 g/mol. The maximum absolute atomic E-state index is 13.9. The third-order valence-corrected chi connectivity index (χ3v) is 12.7. The molecular formula is C50H78N2O17. The van der Waals surface area contributed by atoms with Gasteiger partial charge in [0.2, 0.25) is 5.91 Å². The highest BCUT2D eigenvalue weighted by Gasteiger charge is 2.50. The van der Waals surface area contributed by atoms with Crippen LogP contribution in [0, 0.1) is 17.8 Å². The number of nitrogens with one attached hydrogen (secondary N) is 1. The number of hydrogen-bond acceptors (Lipinski definition) is 18. The Labute approximate surface area is 404 Å². The maximum atomic E-state index is 13.9. The molecule has 19 nitrogen and oxygen atoms in total. The van der Waals surface area contributed by atoms with Crippen LogP contribution in [0.1, 0.15) is 78.1 Å². The summed E-state index contributed by atoms with van der Waals surface area (Å²) >= 11 is 0. The highest BCUT2D eigenvalue weighted by atomic mass is 16.7. The zero-order valence-corrected chi connectivity index (χ0v) is 39.7. The van der Waals surface area contributed by atoms with Crippen molar-refractivity contribution in [1.82, 2.24) is 5.32 Å². The molecule has 1 amide bonds. The number of nitrogens with two attached hydrogens (primary N) is 1. The van der Waals surface area contributed by atoms with E-state index in [1.165, 1.54) is 0 Å². The summed E-state index contributed by atoms with van der Waals surface area (Å²) in [5.74, 6) is -5.01. The topological polar surface area (TPSA) is 321 Å². The fourth-order valence-corrected chi connectivity index (χ4v) is 8.62. The van der Waals surface area contributed by atoms with Gasteiger partial charge in [0, 0.05) is 57.1 Å². The molecule has 3 fully saturated rings. The Hall–Kier alpha value is -3.48. The molecule has 0 saturated carbocycles. The molecule has 4 heterocycles. The van der Waals surface area contributed by atoms with Crippen LogP contribution in [-0.4, -0.2) is 181 Å². The molecule has 4 rings (SSSR count). The number of ether oxygens (including phenoxy) is 5. The van der Waals surface area contributed by atoms with Crippen molar-refractivity contribution in [2.75, 3.05) is 26.4 Å². The molecule has 0 spiro atoms. The SMILES string of the molecule is C[C@H]1C[C@H](O)[C@@H](C)/C=C/C=C/C=C/C=C/C=C/C=C/C=C/[C@H](O[C@@H]2OC[C@@H](O)[C@H](N)[C@@H]2O)C[C@@H]2O[C@](O)(CC(O)CC(O)C(O)CCC(O)CC(O)CC(=O)O1)C[C@H](O)[C@H]2C(=O)NCC1CCOC1. The lowest BCUT2D eigenvalue weighted by Gasteiger charge is -2.45. The Morgan fingerprint density at radius 3 is 1.99 bits per heavy atom. The molecule has 18 atom stereocenters. The highest BCUT2D eigenvalue weighted by molar-refractivity contribution is 5.80. The van der Waals surface area contributed by atoms with Crippen molar-refractivity contribution in [3.8, 4) is 0 Å². The average Bonchev–Trinajstić information content (AvgIpc) is 3.80. The normalized spacial score (nSPS) is 43.6. The number of hydrogen-bond donors (Lipinski definition) is 12. The third kappa shape index (κ3) is 20.6. The van der Waals surface area contributed by atoms with E-state index in [0.29, 0.717) is 13.2 Å². The van der Waals surface area contributed by atoms with E-state index < -0.39 is 135 Å². The second-order valence-electron chi connectivity index (χ2n) is 18.8. The van der Waals surface area contributed by atoms with Crippen LogP contribution in [0.2, 0.25) is 0 Å². The number of esters is 1. The Bertz CT molecular complexity index is 1750. The van der Waals surface area contributed by atoms with Crippen molar-refractivity contribution in [2.45, 2.75) is 169 Å². The molecule has 0 radical (unpaired) electrons. The van der Waals surface area contributed by atoms with Gasteiger partial charge in [-0.25, -0.2) is 0 Å². The monoisotopic (exact) mass is 979 g/mol. The van der Waals surface area contributed by atoms with E-state index in [0.717, 1.165) is 6.42 Å². The fourth-order valence-electron chi connectivity index (χ4n) is 8.62. The second-order valence-corrected chi connectivity index (χ2v) is 18.8. The van der Waals surface area contributed by atoms with E-state index in [4.69, 9.17) is 29.4 Å². The van der Waals surface area contributed by atoms with Gasteiger partial charge in [-0.2, -0.15) is 0 Å². The number of carbonyl (C=O) groups is 2. The zero-order valence-electron chi connectivity index (χ0n) is 39.7. The number of cyclic esters (lactones) is 1. The minimum atomic E-state index is -2.26. The molecule has 0 aromatic carbocycles. The molecule has 19 heteroatoms. The minimum Gasteiger partial charge on any atom is -0.462 e. The van der Waals surface area contributed by atoms with E-state index in [2.05, 4.69) is 5.32 Å². The summed E-state index contributed by atoms with van der Waals surface area (Å²) in [6, 6.07) is -1.10. The van der Waals surface area contributed by atoms with Crippen molar-refractivity contribution in [2.24, 2.45) is 23.5 Å². The molecule has 0 aromatic rings. The van der Waals surface area contributed by atoms with Crippen LogP contribution < -0.4 is 11.1 Å². The molecule has 4 aliphatic heterocycles. The largest absolute Gasteiger partial charge is 0.462 e. The predicted octanol–water partition coefficient (Wildman–Crippen LogP) is 0.145. The molecule has 4 aliphatic rings. The summed E-state index contributed by atoms with van der Waals surface area (Å²) < 4.78 is 28.8. The standard InChI is InChI=1S/C50H78N2O17/c1-31-15-13-11-9-7-5-3-4-6-8-10-12-14-16-37(68-49-47(62)46(51)42(60)30-66-49)25-43-45(48(63)52-28-33-19-20-65-29-33)41(59)27-50(64,69-43)26-36(55)23-40(58)38(56)18-17-34(53)22-35(54)24-44(61)67-32(2)21-39(31)57/h3-16,31-43,45-47,49,53-60,62,64H,17-30,51H2,1-2H3,(H,52,63)/b4-3+,7-5+,8-6+,11-9+,12-10+,15-13+,16-14+/t31-,32-,33?,34?,35?,36?,37-,38?,39-,40?,41-,42+,43-,45+,46-,47-,49-,50+/m0/s1. The summed E-state index contributed by atoms with van der Waals surface area (Å²) in [6.45, 7) is 4.48. The van der Waals surface area contributed by atoms with Crippen molar-refractivity contribution in [3.05, 3.63) is 85.1 Å². The average molecular weight is 979 g/mol. The number of carbonyl (C=O) groups excluding carboxylic acids is 2. The van der Waals surface area contributed by atoms with Crippen molar-refractivity contribution in [3.63, 3.8) is 0 Å². The number of allylic oxidation sites excluding steroid dienone is 12. The van der Waals surface area contributed by atoms with Crippen molar-refractivity contribution in [1.29, 1.82) is 0 Å². The quantitative estimate of drug-likeness (QED) is 0.163. The van der Waals surface area contributed by atoms with Gasteiger partial charge in [0.05, 0.1) is 92.6 Å². The fraction of sp³-hybridized carbons (Fsp3) is 0.680. The summed E-state index contributed by atoms with van der Waals surface area (Å²) in [6.07, 6.45) is 6.78. The Balaban J connectivity index is 1.57. The summed E-state index contributed by atoms with van der Waals surface area (Å²) in [5.41, 5.74) is 6.02. The summed E-state index contributed by atoms with van der Waals surface area (Å²) in [7, 11) is 0. The number of fused-ring (bicyclic) bond motifs is 2. The molecule has 0 aromatic heterocycles. The predicted molar refractivity (Wildman–Crippen MR) is 252 cm³/mol.